The molecule has 0 amide bonds. The quantitative estimate of drug-likeness (QED) is 0.370. The fraction of sp³-hybridized carbons (Fsp3) is 0.600. The van der Waals surface area contributed by atoms with E-state index in [0.29, 0.717) is 0 Å². The van der Waals surface area contributed by atoms with Gasteiger partial charge in [0.2, 0.25) is 0 Å². The molecule has 0 radical (unpaired) electrons. The van der Waals surface area contributed by atoms with Crippen LogP contribution in [-0.4, -0.2) is 0 Å². The Labute approximate surface area is 139 Å². The standard InChI is InChI=1S/C20H29Br/c1-2-3-4-6-17-9-11-18(12-10-17)7-5-8-19-13-15-20(21)16-14-19/h5,7,13-18H,2-4,6,8-12H2,1H3/b7-5+. The van der Waals surface area contributed by atoms with Crippen molar-refractivity contribution >= 4 is 15.9 Å². The first-order chi connectivity index (χ1) is 10.3. The molecule has 0 atom stereocenters. The van der Waals surface area contributed by atoms with Crippen molar-refractivity contribution in [1.82, 2.24) is 0 Å². The van der Waals surface area contributed by atoms with E-state index in [1.807, 2.05) is 0 Å². The zero-order valence-corrected chi connectivity index (χ0v) is 14.9. The van der Waals surface area contributed by atoms with Crippen LogP contribution in [0.25, 0.3) is 0 Å². The first kappa shape index (κ1) is 16.8. The monoisotopic (exact) mass is 348 g/mol. The third kappa shape index (κ3) is 6.38. The van der Waals surface area contributed by atoms with Crippen molar-refractivity contribution in [2.45, 2.75) is 64.7 Å². The normalized spacial score (nSPS) is 22.8. The molecule has 1 aliphatic rings. The first-order valence-electron chi connectivity index (χ1n) is 8.69. The van der Waals surface area contributed by atoms with Gasteiger partial charge in [0.25, 0.3) is 0 Å². The smallest absolute Gasteiger partial charge is 0.0175 e. The Morgan fingerprint density at radius 3 is 2.43 bits per heavy atom. The number of hydrogen-bond acceptors (Lipinski definition) is 0. The summed E-state index contributed by atoms with van der Waals surface area (Å²) in [6.07, 6.45) is 17.4. The Balaban J connectivity index is 1.66. The summed E-state index contributed by atoms with van der Waals surface area (Å²) >= 11 is 3.49. The molecule has 0 spiro atoms. The second-order valence-corrected chi connectivity index (χ2v) is 7.45. The lowest BCUT2D eigenvalue weighted by Gasteiger charge is -2.26. The topological polar surface area (TPSA) is 0 Å². The van der Waals surface area contributed by atoms with E-state index in [-0.39, 0.29) is 0 Å². The van der Waals surface area contributed by atoms with Crippen LogP contribution in [0.2, 0.25) is 0 Å². The molecule has 1 aliphatic carbocycles. The predicted octanol–water partition coefficient (Wildman–Crippen LogP) is 6.93. The van der Waals surface area contributed by atoms with Crippen LogP contribution >= 0.6 is 15.9 Å². The molecule has 1 aromatic rings. The third-order valence-corrected chi connectivity index (χ3v) is 5.31. The Morgan fingerprint density at radius 2 is 1.76 bits per heavy atom. The second-order valence-electron chi connectivity index (χ2n) is 6.54. The van der Waals surface area contributed by atoms with E-state index in [1.165, 1.54) is 56.9 Å². The Bertz CT molecular complexity index is 410. The maximum Gasteiger partial charge on any atom is 0.0175 e. The van der Waals surface area contributed by atoms with Crippen molar-refractivity contribution in [3.05, 3.63) is 46.5 Å². The van der Waals surface area contributed by atoms with Crippen LogP contribution in [0.15, 0.2) is 40.9 Å². The third-order valence-electron chi connectivity index (χ3n) is 4.78. The first-order valence-corrected chi connectivity index (χ1v) is 9.48. The zero-order valence-electron chi connectivity index (χ0n) is 13.4. The molecular weight excluding hydrogens is 320 g/mol. The van der Waals surface area contributed by atoms with Gasteiger partial charge in [0.15, 0.2) is 0 Å². The molecule has 116 valence electrons. The van der Waals surface area contributed by atoms with Crippen LogP contribution in [0.4, 0.5) is 0 Å². The van der Waals surface area contributed by atoms with Gasteiger partial charge in [-0.25, -0.2) is 0 Å². The predicted molar refractivity (Wildman–Crippen MR) is 96.6 cm³/mol. The summed E-state index contributed by atoms with van der Waals surface area (Å²) in [5.74, 6) is 1.86. The van der Waals surface area contributed by atoms with E-state index in [1.54, 1.807) is 0 Å². The van der Waals surface area contributed by atoms with Crippen molar-refractivity contribution in [2.75, 3.05) is 0 Å². The molecule has 21 heavy (non-hydrogen) atoms. The molecule has 1 aromatic carbocycles. The lowest BCUT2D eigenvalue weighted by atomic mass is 9.79. The fourth-order valence-electron chi connectivity index (χ4n) is 3.37. The highest BCUT2D eigenvalue weighted by molar-refractivity contribution is 9.10. The van der Waals surface area contributed by atoms with E-state index < -0.39 is 0 Å². The molecule has 1 saturated carbocycles. The summed E-state index contributed by atoms with van der Waals surface area (Å²) in [6.45, 7) is 2.30. The summed E-state index contributed by atoms with van der Waals surface area (Å²) in [5.41, 5.74) is 1.41. The average molecular weight is 349 g/mol. The van der Waals surface area contributed by atoms with Crippen molar-refractivity contribution in [3.63, 3.8) is 0 Å². The van der Waals surface area contributed by atoms with Crippen molar-refractivity contribution in [2.24, 2.45) is 11.8 Å². The van der Waals surface area contributed by atoms with Gasteiger partial charge in [0.1, 0.15) is 0 Å². The van der Waals surface area contributed by atoms with Crippen molar-refractivity contribution in [1.29, 1.82) is 0 Å². The number of allylic oxidation sites excluding steroid dienone is 2. The van der Waals surface area contributed by atoms with E-state index in [0.717, 1.165) is 22.7 Å². The highest BCUT2D eigenvalue weighted by atomic mass is 79.9. The van der Waals surface area contributed by atoms with Crippen LogP contribution in [0.1, 0.15) is 63.9 Å². The highest BCUT2D eigenvalue weighted by Crippen LogP contribution is 2.32. The zero-order chi connectivity index (χ0) is 14.9. The number of halogens is 1. The Hall–Kier alpha value is -0.560. The summed E-state index contributed by atoms with van der Waals surface area (Å²) in [6, 6.07) is 8.67. The number of benzene rings is 1. The molecule has 0 bridgehead atoms. The van der Waals surface area contributed by atoms with Gasteiger partial charge in [0, 0.05) is 4.47 Å². The minimum absolute atomic E-state index is 0.836. The Kier molecular flexibility index (Phi) is 7.57. The Morgan fingerprint density at radius 1 is 1.05 bits per heavy atom. The van der Waals surface area contributed by atoms with E-state index in [2.05, 4.69) is 59.3 Å². The summed E-state index contributed by atoms with van der Waals surface area (Å²) in [5, 5.41) is 0. The summed E-state index contributed by atoms with van der Waals surface area (Å²) < 4.78 is 1.16. The second kappa shape index (κ2) is 9.46. The molecule has 0 aromatic heterocycles. The van der Waals surface area contributed by atoms with Gasteiger partial charge < -0.3 is 0 Å². The highest BCUT2D eigenvalue weighted by Gasteiger charge is 2.18. The molecule has 0 aliphatic heterocycles. The van der Waals surface area contributed by atoms with Gasteiger partial charge in [0.05, 0.1) is 0 Å². The van der Waals surface area contributed by atoms with Gasteiger partial charge in [-0.2, -0.15) is 0 Å². The van der Waals surface area contributed by atoms with Crippen LogP contribution in [0, 0.1) is 11.8 Å². The summed E-state index contributed by atoms with van der Waals surface area (Å²) in [4.78, 5) is 0. The van der Waals surface area contributed by atoms with Gasteiger partial charge in [-0.05, 0) is 61.6 Å². The van der Waals surface area contributed by atoms with Gasteiger partial charge in [-0.1, -0.05) is 72.8 Å². The van der Waals surface area contributed by atoms with Crippen LogP contribution < -0.4 is 0 Å². The maximum atomic E-state index is 3.49. The van der Waals surface area contributed by atoms with Crippen molar-refractivity contribution < 1.29 is 0 Å². The lowest BCUT2D eigenvalue weighted by molar-refractivity contribution is 0.289. The van der Waals surface area contributed by atoms with E-state index in [9.17, 15) is 0 Å². The molecule has 0 unspecified atom stereocenters. The molecular formula is C20H29Br. The molecule has 0 heterocycles. The molecule has 1 fully saturated rings. The lowest BCUT2D eigenvalue weighted by Crippen LogP contribution is -2.13. The molecule has 0 N–H and O–H groups in total. The fourth-order valence-corrected chi connectivity index (χ4v) is 3.63. The SMILES string of the molecule is CCCCCC1CCC(/C=C/Cc2ccc(Br)cc2)CC1. The van der Waals surface area contributed by atoms with Crippen LogP contribution in [0.3, 0.4) is 0 Å². The number of hydrogen-bond donors (Lipinski definition) is 0. The maximum absolute atomic E-state index is 3.49. The molecule has 1 heteroatoms. The molecule has 2 rings (SSSR count). The summed E-state index contributed by atoms with van der Waals surface area (Å²) in [7, 11) is 0. The average Bonchev–Trinajstić information content (AvgIpc) is 2.51. The van der Waals surface area contributed by atoms with E-state index in [4.69, 9.17) is 0 Å². The van der Waals surface area contributed by atoms with Gasteiger partial charge in [-0.3, -0.25) is 0 Å². The van der Waals surface area contributed by atoms with Gasteiger partial charge in [-0.15, -0.1) is 0 Å². The molecule has 0 saturated heterocycles. The largest absolute Gasteiger partial charge is 0.0851 e. The number of rotatable bonds is 7. The number of unbranched alkanes of at least 4 members (excludes halogenated alkanes) is 2. The minimum Gasteiger partial charge on any atom is -0.0851 e. The van der Waals surface area contributed by atoms with Crippen LogP contribution in [-0.2, 0) is 6.42 Å². The van der Waals surface area contributed by atoms with Crippen LogP contribution in [0.5, 0.6) is 0 Å². The minimum atomic E-state index is 0.836. The molecule has 0 nitrogen and oxygen atoms in total. The van der Waals surface area contributed by atoms with Crippen molar-refractivity contribution in [3.8, 4) is 0 Å². The van der Waals surface area contributed by atoms with Gasteiger partial charge >= 0.3 is 0 Å². The van der Waals surface area contributed by atoms with E-state index >= 15 is 0 Å².